The number of hydrogen-bond acceptors (Lipinski definition) is 2. The van der Waals surface area contributed by atoms with Crippen LogP contribution in [0.1, 0.15) is 24.1 Å². The lowest BCUT2D eigenvalue weighted by molar-refractivity contribution is 0.508. The largest absolute Gasteiger partial charge is 0.306 e. The fourth-order valence-corrected chi connectivity index (χ4v) is 3.62. The number of benzene rings is 1. The molecule has 1 unspecified atom stereocenters. The average molecular weight is 458 g/mol. The molecule has 1 atom stereocenters. The van der Waals surface area contributed by atoms with Gasteiger partial charge in [-0.15, -0.1) is 11.3 Å². The Hall–Kier alpha value is -0.0500. The molecule has 0 spiro atoms. The molecule has 0 bridgehead atoms. The maximum atomic E-state index is 14.2. The molecule has 19 heavy (non-hydrogen) atoms. The van der Waals surface area contributed by atoms with Crippen molar-refractivity contribution < 1.29 is 8.78 Å². The Morgan fingerprint density at radius 1 is 1.42 bits per heavy atom. The molecule has 0 saturated carbocycles. The van der Waals surface area contributed by atoms with E-state index >= 15 is 0 Å². The molecule has 1 N–H and O–H groups in total. The van der Waals surface area contributed by atoms with E-state index < -0.39 is 17.7 Å². The van der Waals surface area contributed by atoms with Crippen molar-refractivity contribution in [3.63, 3.8) is 0 Å². The number of halogens is 4. The molecular formula is C13H11BrF2INS. The molecule has 0 amide bonds. The summed E-state index contributed by atoms with van der Waals surface area (Å²) in [6.07, 6.45) is 0. The second-order valence-electron chi connectivity index (χ2n) is 3.93. The van der Waals surface area contributed by atoms with Crippen LogP contribution in [-0.4, -0.2) is 6.54 Å². The molecule has 6 heteroatoms. The van der Waals surface area contributed by atoms with E-state index in [1.54, 1.807) is 11.3 Å². The van der Waals surface area contributed by atoms with Gasteiger partial charge < -0.3 is 5.32 Å². The van der Waals surface area contributed by atoms with Crippen molar-refractivity contribution >= 4 is 49.9 Å². The Balaban J connectivity index is 2.53. The van der Waals surface area contributed by atoms with Gasteiger partial charge in [0.25, 0.3) is 0 Å². The highest BCUT2D eigenvalue weighted by atomic mass is 127. The van der Waals surface area contributed by atoms with Crippen molar-refractivity contribution in [2.45, 2.75) is 13.0 Å². The van der Waals surface area contributed by atoms with Crippen molar-refractivity contribution in [3.8, 4) is 0 Å². The zero-order valence-electron chi connectivity index (χ0n) is 10.0. The normalized spacial score (nSPS) is 12.7. The summed E-state index contributed by atoms with van der Waals surface area (Å²) in [5, 5.41) is 5.07. The maximum Gasteiger partial charge on any atom is 0.145 e. The van der Waals surface area contributed by atoms with Crippen molar-refractivity contribution in [1.29, 1.82) is 0 Å². The minimum Gasteiger partial charge on any atom is -0.306 e. The molecule has 2 aromatic rings. The minimum atomic E-state index is -0.549. The van der Waals surface area contributed by atoms with Crippen molar-refractivity contribution in [2.75, 3.05) is 6.54 Å². The second-order valence-corrected chi connectivity index (χ2v) is 7.59. The van der Waals surface area contributed by atoms with Gasteiger partial charge in [0.1, 0.15) is 11.6 Å². The predicted octanol–water partition coefficient (Wildman–Crippen LogP) is 5.09. The Morgan fingerprint density at radius 2 is 2.16 bits per heavy atom. The standard InChI is InChI=1S/C13H11BrF2INS/c1-2-18-13(7-5-10(17)19-6-7)11-9(15)4-3-8(14)12(11)16/h3-6,13,18H,2H2,1H3. The highest BCUT2D eigenvalue weighted by Gasteiger charge is 2.23. The second kappa shape index (κ2) is 6.60. The zero-order valence-corrected chi connectivity index (χ0v) is 14.6. The van der Waals surface area contributed by atoms with Gasteiger partial charge in [0, 0.05) is 5.56 Å². The summed E-state index contributed by atoms with van der Waals surface area (Å²) in [5.41, 5.74) is 0.942. The van der Waals surface area contributed by atoms with E-state index in [1.165, 1.54) is 12.1 Å². The SMILES string of the molecule is CCNC(c1csc(I)c1)c1c(F)ccc(Br)c1F. The molecule has 0 saturated heterocycles. The monoisotopic (exact) mass is 457 g/mol. The summed E-state index contributed by atoms with van der Waals surface area (Å²) in [4.78, 5) is 0. The lowest BCUT2D eigenvalue weighted by atomic mass is 10.00. The van der Waals surface area contributed by atoms with Gasteiger partial charge in [-0.2, -0.15) is 0 Å². The molecule has 0 aliphatic carbocycles. The Morgan fingerprint density at radius 3 is 2.74 bits per heavy atom. The highest BCUT2D eigenvalue weighted by Crippen LogP contribution is 2.33. The number of hydrogen-bond donors (Lipinski definition) is 1. The summed E-state index contributed by atoms with van der Waals surface area (Å²) in [7, 11) is 0. The smallest absolute Gasteiger partial charge is 0.145 e. The van der Waals surface area contributed by atoms with Crippen LogP contribution in [0.15, 0.2) is 28.1 Å². The van der Waals surface area contributed by atoms with Crippen LogP contribution in [0.25, 0.3) is 0 Å². The molecule has 2 rings (SSSR count). The van der Waals surface area contributed by atoms with E-state index in [2.05, 4.69) is 43.8 Å². The van der Waals surface area contributed by atoms with Gasteiger partial charge in [-0.3, -0.25) is 0 Å². The van der Waals surface area contributed by atoms with Crippen LogP contribution in [0.2, 0.25) is 0 Å². The van der Waals surface area contributed by atoms with Gasteiger partial charge in [0.2, 0.25) is 0 Å². The van der Waals surface area contributed by atoms with Gasteiger partial charge >= 0.3 is 0 Å². The lowest BCUT2D eigenvalue weighted by Gasteiger charge is -2.19. The van der Waals surface area contributed by atoms with Crippen LogP contribution >= 0.6 is 49.9 Å². The van der Waals surface area contributed by atoms with Crippen LogP contribution in [0.3, 0.4) is 0 Å². The third-order valence-corrected chi connectivity index (χ3v) is 5.12. The maximum absolute atomic E-state index is 14.2. The molecule has 0 fully saturated rings. The third kappa shape index (κ3) is 3.34. The number of nitrogens with one attached hydrogen (secondary N) is 1. The van der Waals surface area contributed by atoms with Crippen LogP contribution in [0.5, 0.6) is 0 Å². The van der Waals surface area contributed by atoms with E-state index in [0.29, 0.717) is 6.54 Å². The van der Waals surface area contributed by atoms with Gasteiger partial charge in [0.05, 0.1) is 13.4 Å². The van der Waals surface area contributed by atoms with Crippen LogP contribution in [0, 0.1) is 14.5 Å². The van der Waals surface area contributed by atoms with Gasteiger partial charge in [-0.1, -0.05) is 6.92 Å². The summed E-state index contributed by atoms with van der Waals surface area (Å²) < 4.78 is 29.6. The fourth-order valence-electron chi connectivity index (χ4n) is 1.87. The quantitative estimate of drug-likeness (QED) is 0.498. The Labute approximate surface area is 136 Å². The summed E-state index contributed by atoms with van der Waals surface area (Å²) >= 11 is 6.87. The first-order chi connectivity index (χ1) is 9.04. The predicted molar refractivity (Wildman–Crippen MR) is 86.6 cm³/mol. The van der Waals surface area contributed by atoms with E-state index in [0.717, 1.165) is 8.45 Å². The first-order valence-electron chi connectivity index (χ1n) is 5.65. The van der Waals surface area contributed by atoms with E-state index in [4.69, 9.17) is 0 Å². The van der Waals surface area contributed by atoms with Gasteiger partial charge in [-0.05, 0) is 74.2 Å². The first-order valence-corrected chi connectivity index (χ1v) is 8.40. The third-order valence-electron chi connectivity index (χ3n) is 2.70. The Kier molecular flexibility index (Phi) is 5.33. The van der Waals surface area contributed by atoms with E-state index in [9.17, 15) is 8.78 Å². The minimum absolute atomic E-state index is 0.0606. The van der Waals surface area contributed by atoms with Gasteiger partial charge in [0.15, 0.2) is 0 Å². The number of thiophene rings is 1. The molecule has 1 heterocycles. The molecule has 0 radical (unpaired) electrons. The molecule has 0 aliphatic rings. The summed E-state index contributed by atoms with van der Waals surface area (Å²) in [6, 6.07) is 4.14. The van der Waals surface area contributed by atoms with Crippen molar-refractivity contribution in [2.24, 2.45) is 0 Å². The summed E-state index contributed by atoms with van der Waals surface area (Å²) in [6.45, 7) is 2.54. The molecule has 1 nitrogen and oxygen atoms in total. The van der Waals surface area contributed by atoms with E-state index in [-0.39, 0.29) is 10.0 Å². The fraction of sp³-hybridized carbons (Fsp3) is 0.231. The van der Waals surface area contributed by atoms with Crippen molar-refractivity contribution in [3.05, 3.63) is 53.7 Å². The zero-order chi connectivity index (χ0) is 14.0. The van der Waals surface area contributed by atoms with Gasteiger partial charge in [-0.25, -0.2) is 8.78 Å². The van der Waals surface area contributed by atoms with Crippen molar-refractivity contribution in [1.82, 2.24) is 5.32 Å². The van der Waals surface area contributed by atoms with Crippen LogP contribution in [0.4, 0.5) is 8.78 Å². The van der Waals surface area contributed by atoms with Crippen LogP contribution in [-0.2, 0) is 0 Å². The van der Waals surface area contributed by atoms with Crippen LogP contribution < -0.4 is 5.32 Å². The molecule has 1 aromatic carbocycles. The highest BCUT2D eigenvalue weighted by molar-refractivity contribution is 14.1. The topological polar surface area (TPSA) is 12.0 Å². The lowest BCUT2D eigenvalue weighted by Crippen LogP contribution is -2.24. The number of rotatable bonds is 4. The molecule has 0 aliphatic heterocycles. The molecule has 102 valence electrons. The average Bonchev–Trinajstić information content (AvgIpc) is 2.80. The summed E-state index contributed by atoms with van der Waals surface area (Å²) in [5.74, 6) is -1.08. The molecule has 1 aromatic heterocycles. The van der Waals surface area contributed by atoms with E-state index in [1.807, 2.05) is 18.4 Å². The Bertz CT molecular complexity index is 588. The first kappa shape index (κ1) is 15.3. The molecular weight excluding hydrogens is 447 g/mol.